The Morgan fingerprint density at radius 2 is 2.00 bits per heavy atom. The lowest BCUT2D eigenvalue weighted by Gasteiger charge is -2.29. The van der Waals surface area contributed by atoms with Crippen molar-refractivity contribution in [1.82, 2.24) is 15.0 Å². The lowest BCUT2D eigenvalue weighted by Crippen LogP contribution is -2.38. The van der Waals surface area contributed by atoms with Crippen LogP contribution in [-0.2, 0) is 11.3 Å². The van der Waals surface area contributed by atoms with E-state index in [0.29, 0.717) is 18.3 Å². The number of carbonyl (C=O) groups excluding carboxylic acids is 1. The molecule has 1 fully saturated rings. The molecule has 1 aliphatic heterocycles. The van der Waals surface area contributed by atoms with Crippen LogP contribution in [0, 0.1) is 5.92 Å². The van der Waals surface area contributed by atoms with Gasteiger partial charge in [0.25, 0.3) is 0 Å². The molecule has 0 saturated carbocycles. The summed E-state index contributed by atoms with van der Waals surface area (Å²) in [4.78, 5) is 17.8. The Morgan fingerprint density at radius 1 is 1.32 bits per heavy atom. The normalized spacial score (nSPS) is 16.8. The largest absolute Gasteiger partial charge is 0.369 e. The number of hydrogen-bond donors (Lipinski definition) is 1. The van der Waals surface area contributed by atoms with Gasteiger partial charge in [0.15, 0.2) is 0 Å². The van der Waals surface area contributed by atoms with Gasteiger partial charge in [0.05, 0.1) is 6.54 Å². The second kappa shape index (κ2) is 6.58. The molecule has 1 amide bonds. The van der Waals surface area contributed by atoms with Crippen molar-refractivity contribution in [2.45, 2.75) is 19.4 Å². The van der Waals surface area contributed by atoms with E-state index in [0.717, 1.165) is 36.0 Å². The third kappa shape index (κ3) is 3.53. The fourth-order valence-electron chi connectivity index (χ4n) is 2.60. The summed E-state index contributed by atoms with van der Waals surface area (Å²) in [5, 5.41) is 4.02. The van der Waals surface area contributed by atoms with Gasteiger partial charge in [0, 0.05) is 16.0 Å². The van der Waals surface area contributed by atoms with Crippen LogP contribution in [0.3, 0.4) is 0 Å². The monoisotopic (exact) mass is 364 g/mol. The third-order valence-corrected chi connectivity index (χ3v) is 4.45. The van der Waals surface area contributed by atoms with Crippen molar-refractivity contribution in [1.29, 1.82) is 0 Å². The van der Waals surface area contributed by atoms with E-state index in [1.165, 1.54) is 0 Å². The number of nitrogens with two attached hydrogens (primary N) is 1. The Morgan fingerprint density at radius 3 is 2.64 bits per heavy atom. The molecule has 22 heavy (non-hydrogen) atoms. The molecule has 0 spiro atoms. The Hall–Kier alpha value is -1.73. The van der Waals surface area contributed by atoms with Crippen LogP contribution in [0.1, 0.15) is 18.7 Å². The predicted molar refractivity (Wildman–Crippen MR) is 84.6 cm³/mol. The number of halogens is 1. The summed E-state index contributed by atoms with van der Waals surface area (Å²) in [6.07, 6.45) is 1.59. The number of amides is 1. The average Bonchev–Trinajstić information content (AvgIpc) is 2.97. The summed E-state index contributed by atoms with van der Waals surface area (Å²) in [5.74, 6) is 0.984. The van der Waals surface area contributed by atoms with Gasteiger partial charge in [-0.05, 0) is 50.2 Å². The highest BCUT2D eigenvalue weighted by molar-refractivity contribution is 9.10. The van der Waals surface area contributed by atoms with E-state index in [1.807, 2.05) is 24.3 Å². The van der Waals surface area contributed by atoms with E-state index >= 15 is 0 Å². The zero-order valence-corrected chi connectivity index (χ0v) is 13.6. The van der Waals surface area contributed by atoms with Gasteiger partial charge < -0.3 is 10.3 Å². The molecule has 0 bridgehead atoms. The van der Waals surface area contributed by atoms with Gasteiger partial charge in [0.2, 0.25) is 17.6 Å². The number of benzene rings is 1. The second-order valence-corrected chi connectivity index (χ2v) is 6.39. The summed E-state index contributed by atoms with van der Waals surface area (Å²) in [7, 11) is 0. The van der Waals surface area contributed by atoms with E-state index in [4.69, 9.17) is 10.3 Å². The topological polar surface area (TPSA) is 85.3 Å². The first-order valence-corrected chi connectivity index (χ1v) is 8.01. The third-order valence-electron chi connectivity index (χ3n) is 3.92. The Bertz CT molecular complexity index is 648. The van der Waals surface area contributed by atoms with Crippen LogP contribution >= 0.6 is 15.9 Å². The molecule has 2 N–H and O–H groups in total. The number of hydrogen-bond acceptors (Lipinski definition) is 5. The van der Waals surface area contributed by atoms with Crippen molar-refractivity contribution in [2.24, 2.45) is 11.7 Å². The number of piperidine rings is 1. The highest BCUT2D eigenvalue weighted by Gasteiger charge is 2.24. The van der Waals surface area contributed by atoms with E-state index in [-0.39, 0.29) is 11.8 Å². The lowest BCUT2D eigenvalue weighted by atomic mass is 9.96. The van der Waals surface area contributed by atoms with E-state index in [9.17, 15) is 4.79 Å². The molecule has 116 valence electrons. The molecule has 1 saturated heterocycles. The molecule has 3 rings (SSSR count). The summed E-state index contributed by atoms with van der Waals surface area (Å²) in [6.45, 7) is 2.25. The van der Waals surface area contributed by atoms with Crippen LogP contribution in [0.15, 0.2) is 33.3 Å². The zero-order chi connectivity index (χ0) is 15.5. The Labute approximate surface area is 136 Å². The molecule has 0 atom stereocenters. The molecule has 0 unspecified atom stereocenters. The van der Waals surface area contributed by atoms with Crippen LogP contribution in [-0.4, -0.2) is 34.0 Å². The number of nitrogens with zero attached hydrogens (tertiary/aromatic N) is 3. The molecule has 7 heteroatoms. The SMILES string of the molecule is NC(=O)C1CCN(Cc2nc(-c3ccc(Br)cc3)no2)CC1. The molecule has 6 nitrogen and oxygen atoms in total. The van der Waals surface area contributed by atoms with Crippen molar-refractivity contribution in [3.8, 4) is 11.4 Å². The van der Waals surface area contributed by atoms with Crippen LogP contribution < -0.4 is 5.73 Å². The maximum atomic E-state index is 11.2. The van der Waals surface area contributed by atoms with Crippen molar-refractivity contribution < 1.29 is 9.32 Å². The first kappa shape index (κ1) is 15.2. The van der Waals surface area contributed by atoms with Crippen LogP contribution in [0.2, 0.25) is 0 Å². The number of carbonyl (C=O) groups is 1. The lowest BCUT2D eigenvalue weighted by molar-refractivity contribution is -0.123. The van der Waals surface area contributed by atoms with Gasteiger partial charge in [-0.2, -0.15) is 4.98 Å². The second-order valence-electron chi connectivity index (χ2n) is 5.47. The maximum Gasteiger partial charge on any atom is 0.241 e. The standard InChI is InChI=1S/C15H17BrN4O2/c16-12-3-1-11(2-4-12)15-18-13(22-19-15)9-20-7-5-10(6-8-20)14(17)21/h1-4,10H,5-9H2,(H2,17,21). The highest BCUT2D eigenvalue weighted by atomic mass is 79.9. The Balaban J connectivity index is 1.60. The van der Waals surface area contributed by atoms with Gasteiger partial charge in [-0.25, -0.2) is 0 Å². The highest BCUT2D eigenvalue weighted by Crippen LogP contribution is 2.21. The smallest absolute Gasteiger partial charge is 0.241 e. The van der Waals surface area contributed by atoms with Gasteiger partial charge >= 0.3 is 0 Å². The van der Waals surface area contributed by atoms with Crippen LogP contribution in [0.25, 0.3) is 11.4 Å². The molecule has 0 radical (unpaired) electrons. The van der Waals surface area contributed by atoms with Gasteiger partial charge in [0.1, 0.15) is 0 Å². The molecular formula is C15H17BrN4O2. The average molecular weight is 365 g/mol. The molecule has 1 aromatic carbocycles. The number of primary amides is 1. The minimum absolute atomic E-state index is 0.00254. The predicted octanol–water partition coefficient (Wildman–Crippen LogP) is 2.20. The molecule has 0 aliphatic carbocycles. The maximum absolute atomic E-state index is 11.2. The number of aromatic nitrogens is 2. The summed E-state index contributed by atoms with van der Waals surface area (Å²) >= 11 is 3.40. The van der Waals surface area contributed by atoms with Crippen LogP contribution in [0.5, 0.6) is 0 Å². The minimum Gasteiger partial charge on any atom is -0.369 e. The molecule has 2 heterocycles. The first-order valence-electron chi connectivity index (χ1n) is 7.22. The van der Waals surface area contributed by atoms with Gasteiger partial charge in [-0.15, -0.1) is 0 Å². The summed E-state index contributed by atoms with van der Waals surface area (Å²) in [6, 6.07) is 7.77. The quantitative estimate of drug-likeness (QED) is 0.898. The number of likely N-dealkylation sites (tertiary alicyclic amines) is 1. The molecular weight excluding hydrogens is 348 g/mol. The molecule has 1 aliphatic rings. The molecule has 2 aromatic rings. The van der Waals surface area contributed by atoms with Crippen LogP contribution in [0.4, 0.5) is 0 Å². The first-order chi connectivity index (χ1) is 10.6. The fourth-order valence-corrected chi connectivity index (χ4v) is 2.87. The summed E-state index contributed by atoms with van der Waals surface area (Å²) < 4.78 is 6.33. The number of rotatable bonds is 4. The zero-order valence-electron chi connectivity index (χ0n) is 12.0. The fraction of sp³-hybridized carbons (Fsp3) is 0.400. The van der Waals surface area contributed by atoms with Crippen molar-refractivity contribution in [3.63, 3.8) is 0 Å². The molecule has 1 aromatic heterocycles. The van der Waals surface area contributed by atoms with Crippen molar-refractivity contribution in [2.75, 3.05) is 13.1 Å². The van der Waals surface area contributed by atoms with Crippen molar-refractivity contribution >= 4 is 21.8 Å². The minimum atomic E-state index is -0.199. The van der Waals surface area contributed by atoms with Gasteiger partial charge in [-0.1, -0.05) is 21.1 Å². The Kier molecular flexibility index (Phi) is 4.54. The van der Waals surface area contributed by atoms with Gasteiger partial charge in [-0.3, -0.25) is 9.69 Å². The van der Waals surface area contributed by atoms with E-state index in [2.05, 4.69) is 31.0 Å². The van der Waals surface area contributed by atoms with E-state index < -0.39 is 0 Å². The summed E-state index contributed by atoms with van der Waals surface area (Å²) in [5.41, 5.74) is 6.26. The van der Waals surface area contributed by atoms with E-state index in [1.54, 1.807) is 0 Å². The van der Waals surface area contributed by atoms with Crippen molar-refractivity contribution in [3.05, 3.63) is 34.6 Å².